The van der Waals surface area contributed by atoms with E-state index in [4.69, 9.17) is 11.6 Å². The van der Waals surface area contributed by atoms with Gasteiger partial charge in [0.05, 0.1) is 11.1 Å². The van der Waals surface area contributed by atoms with Gasteiger partial charge in [-0.05, 0) is 37.5 Å². The molecule has 1 saturated carbocycles. The number of nitrogens with zero attached hydrogens (tertiary/aromatic N) is 4. The van der Waals surface area contributed by atoms with E-state index >= 15 is 0 Å². The van der Waals surface area contributed by atoms with Crippen LogP contribution < -0.4 is 5.32 Å². The SMILES string of the molecule is O=C(Nc1ccc(F)c(Cl)c1)N1CCC(n2cnnc2C2CC2)C1. The van der Waals surface area contributed by atoms with E-state index in [1.807, 2.05) is 0 Å². The van der Waals surface area contributed by atoms with E-state index in [1.54, 1.807) is 11.2 Å². The van der Waals surface area contributed by atoms with Crippen molar-refractivity contribution in [3.63, 3.8) is 0 Å². The molecule has 6 nitrogen and oxygen atoms in total. The van der Waals surface area contributed by atoms with Gasteiger partial charge in [-0.2, -0.15) is 0 Å². The third-order valence-corrected chi connectivity index (χ3v) is 4.85. The monoisotopic (exact) mass is 349 g/mol. The van der Waals surface area contributed by atoms with Crippen molar-refractivity contribution in [1.29, 1.82) is 0 Å². The van der Waals surface area contributed by atoms with E-state index < -0.39 is 5.82 Å². The molecule has 0 spiro atoms. The first-order chi connectivity index (χ1) is 11.6. The molecule has 0 radical (unpaired) electrons. The molecule has 8 heteroatoms. The Balaban J connectivity index is 1.41. The molecule has 1 aliphatic carbocycles. The average molecular weight is 350 g/mol. The Morgan fingerprint density at radius 3 is 2.92 bits per heavy atom. The van der Waals surface area contributed by atoms with Crippen molar-refractivity contribution in [3.05, 3.63) is 41.2 Å². The van der Waals surface area contributed by atoms with Gasteiger partial charge in [0.15, 0.2) is 0 Å². The fraction of sp³-hybridized carbons (Fsp3) is 0.438. The molecule has 1 aromatic carbocycles. The predicted molar refractivity (Wildman–Crippen MR) is 87.7 cm³/mol. The molecule has 1 atom stereocenters. The molecular weight excluding hydrogens is 333 g/mol. The number of carbonyl (C=O) groups excluding carboxylic acids is 1. The van der Waals surface area contributed by atoms with Crippen molar-refractivity contribution in [1.82, 2.24) is 19.7 Å². The summed E-state index contributed by atoms with van der Waals surface area (Å²) in [5.41, 5.74) is 0.484. The van der Waals surface area contributed by atoms with Gasteiger partial charge in [0.1, 0.15) is 18.0 Å². The quantitative estimate of drug-likeness (QED) is 0.923. The van der Waals surface area contributed by atoms with Gasteiger partial charge in [0, 0.05) is 24.7 Å². The van der Waals surface area contributed by atoms with Gasteiger partial charge in [-0.25, -0.2) is 9.18 Å². The molecule has 1 aliphatic heterocycles. The Bertz CT molecular complexity index is 776. The summed E-state index contributed by atoms with van der Waals surface area (Å²) in [5.74, 6) is 1.06. The van der Waals surface area contributed by atoms with Crippen LogP contribution in [0.25, 0.3) is 0 Å². The Morgan fingerprint density at radius 2 is 2.17 bits per heavy atom. The number of benzene rings is 1. The molecule has 2 amide bonds. The van der Waals surface area contributed by atoms with Gasteiger partial charge in [-0.15, -0.1) is 10.2 Å². The van der Waals surface area contributed by atoms with Crippen LogP contribution in [-0.2, 0) is 0 Å². The van der Waals surface area contributed by atoms with Crippen LogP contribution in [0, 0.1) is 5.82 Å². The van der Waals surface area contributed by atoms with Crippen molar-refractivity contribution in [2.24, 2.45) is 0 Å². The molecule has 2 heterocycles. The summed E-state index contributed by atoms with van der Waals surface area (Å²) in [6, 6.07) is 4.15. The minimum absolute atomic E-state index is 0.00864. The van der Waals surface area contributed by atoms with Crippen LogP contribution in [0.1, 0.15) is 37.0 Å². The number of likely N-dealkylation sites (tertiary alicyclic amines) is 1. The van der Waals surface area contributed by atoms with Crippen LogP contribution in [-0.4, -0.2) is 38.8 Å². The lowest BCUT2D eigenvalue weighted by Gasteiger charge is -2.18. The number of hydrogen-bond donors (Lipinski definition) is 1. The molecule has 0 bridgehead atoms. The van der Waals surface area contributed by atoms with Gasteiger partial charge < -0.3 is 14.8 Å². The molecule has 1 aromatic heterocycles. The zero-order valence-electron chi connectivity index (χ0n) is 13.0. The zero-order valence-corrected chi connectivity index (χ0v) is 13.7. The molecular formula is C16H17ClFN5O. The van der Waals surface area contributed by atoms with Crippen LogP contribution in [0.5, 0.6) is 0 Å². The normalized spacial score (nSPS) is 20.4. The molecule has 2 aromatic rings. The standard InChI is InChI=1S/C16H17ClFN5O/c17-13-7-11(3-4-14(13)18)20-16(24)22-6-5-12(8-22)23-9-19-21-15(23)10-1-2-10/h3-4,7,9-10,12H,1-2,5-6,8H2,(H,20,24). The average Bonchev–Trinajstić information content (AvgIpc) is 3.10. The second kappa shape index (κ2) is 6.05. The van der Waals surface area contributed by atoms with Gasteiger partial charge in [-0.3, -0.25) is 0 Å². The number of aromatic nitrogens is 3. The topological polar surface area (TPSA) is 63.1 Å². The summed E-state index contributed by atoms with van der Waals surface area (Å²) < 4.78 is 15.3. The highest BCUT2D eigenvalue weighted by molar-refractivity contribution is 6.31. The van der Waals surface area contributed by atoms with Crippen LogP contribution in [0.4, 0.5) is 14.9 Å². The number of hydrogen-bond acceptors (Lipinski definition) is 3. The minimum atomic E-state index is -0.504. The number of rotatable bonds is 3. The fourth-order valence-electron chi connectivity index (χ4n) is 3.10. The number of anilines is 1. The van der Waals surface area contributed by atoms with E-state index in [2.05, 4.69) is 20.1 Å². The fourth-order valence-corrected chi connectivity index (χ4v) is 3.28. The van der Waals surface area contributed by atoms with E-state index in [0.717, 1.165) is 12.2 Å². The van der Waals surface area contributed by atoms with Crippen LogP contribution in [0.2, 0.25) is 5.02 Å². The van der Waals surface area contributed by atoms with Crippen molar-refractivity contribution < 1.29 is 9.18 Å². The summed E-state index contributed by atoms with van der Waals surface area (Å²) in [4.78, 5) is 14.1. The number of carbonyl (C=O) groups is 1. The number of nitrogens with one attached hydrogen (secondary N) is 1. The molecule has 2 fully saturated rings. The maximum Gasteiger partial charge on any atom is 0.321 e. The number of amides is 2. The van der Waals surface area contributed by atoms with Crippen molar-refractivity contribution in [2.45, 2.75) is 31.2 Å². The highest BCUT2D eigenvalue weighted by atomic mass is 35.5. The highest BCUT2D eigenvalue weighted by Gasteiger charge is 2.34. The third kappa shape index (κ3) is 2.96. The zero-order chi connectivity index (χ0) is 16.7. The number of halogens is 2. The van der Waals surface area contributed by atoms with E-state index in [1.165, 1.54) is 31.0 Å². The summed E-state index contributed by atoms with van der Waals surface area (Å²) in [7, 11) is 0. The second-order valence-corrected chi connectivity index (χ2v) is 6.73. The van der Waals surface area contributed by atoms with Crippen molar-refractivity contribution >= 4 is 23.3 Å². The highest BCUT2D eigenvalue weighted by Crippen LogP contribution is 2.40. The molecule has 2 aliphatic rings. The Morgan fingerprint density at radius 1 is 1.33 bits per heavy atom. The van der Waals surface area contributed by atoms with Crippen molar-refractivity contribution in [2.75, 3.05) is 18.4 Å². The Hall–Kier alpha value is -2.15. The van der Waals surface area contributed by atoms with Gasteiger partial charge in [-0.1, -0.05) is 11.6 Å². The number of urea groups is 1. The Labute approximate surface area is 143 Å². The maximum absolute atomic E-state index is 13.2. The third-order valence-electron chi connectivity index (χ3n) is 4.56. The van der Waals surface area contributed by atoms with Gasteiger partial charge >= 0.3 is 6.03 Å². The first kappa shape index (κ1) is 15.4. The smallest absolute Gasteiger partial charge is 0.321 e. The first-order valence-corrected chi connectivity index (χ1v) is 8.40. The van der Waals surface area contributed by atoms with E-state index in [0.29, 0.717) is 24.7 Å². The van der Waals surface area contributed by atoms with Gasteiger partial charge in [0.25, 0.3) is 0 Å². The summed E-state index contributed by atoms with van der Waals surface area (Å²) >= 11 is 5.74. The lowest BCUT2D eigenvalue weighted by Crippen LogP contribution is -2.33. The molecule has 1 N–H and O–H groups in total. The predicted octanol–water partition coefficient (Wildman–Crippen LogP) is 3.43. The van der Waals surface area contributed by atoms with Crippen LogP contribution in [0.15, 0.2) is 24.5 Å². The molecule has 24 heavy (non-hydrogen) atoms. The first-order valence-electron chi connectivity index (χ1n) is 8.02. The van der Waals surface area contributed by atoms with Crippen LogP contribution in [0.3, 0.4) is 0 Å². The minimum Gasteiger partial charge on any atom is -0.322 e. The summed E-state index contributed by atoms with van der Waals surface area (Å²) in [6.07, 6.45) is 4.97. The lowest BCUT2D eigenvalue weighted by atomic mass is 10.2. The van der Waals surface area contributed by atoms with E-state index in [-0.39, 0.29) is 17.1 Å². The summed E-state index contributed by atoms with van der Waals surface area (Å²) in [6.45, 7) is 1.27. The maximum atomic E-state index is 13.2. The van der Waals surface area contributed by atoms with Crippen LogP contribution >= 0.6 is 11.6 Å². The van der Waals surface area contributed by atoms with E-state index in [9.17, 15) is 9.18 Å². The van der Waals surface area contributed by atoms with Crippen molar-refractivity contribution in [3.8, 4) is 0 Å². The molecule has 1 unspecified atom stereocenters. The molecule has 1 saturated heterocycles. The molecule has 126 valence electrons. The lowest BCUT2D eigenvalue weighted by molar-refractivity contribution is 0.221. The Kier molecular flexibility index (Phi) is 3.88. The molecule has 4 rings (SSSR count). The largest absolute Gasteiger partial charge is 0.322 e. The summed E-state index contributed by atoms with van der Waals surface area (Å²) in [5, 5.41) is 11.0. The van der Waals surface area contributed by atoms with Gasteiger partial charge in [0.2, 0.25) is 0 Å². The second-order valence-electron chi connectivity index (χ2n) is 6.32.